The van der Waals surface area contributed by atoms with Gasteiger partial charge < -0.3 is 10.6 Å². The number of nitrogens with zero attached hydrogens (tertiary/aromatic N) is 1. The second kappa shape index (κ2) is 6.49. The third-order valence-corrected chi connectivity index (χ3v) is 3.94. The van der Waals surface area contributed by atoms with E-state index < -0.39 is 0 Å². The molecular formula is C13H28N2. The van der Waals surface area contributed by atoms with Crippen LogP contribution in [0.3, 0.4) is 0 Å². The van der Waals surface area contributed by atoms with Crippen LogP contribution in [0, 0.1) is 11.8 Å². The van der Waals surface area contributed by atoms with Crippen LogP contribution < -0.4 is 5.73 Å². The molecule has 1 heterocycles. The van der Waals surface area contributed by atoms with Gasteiger partial charge in [-0.25, -0.2) is 0 Å². The molecule has 0 spiro atoms. The zero-order valence-electron chi connectivity index (χ0n) is 9.25. The molecular weight excluding hydrogens is 184 g/mol. The van der Waals surface area contributed by atoms with Crippen molar-refractivity contribution in [1.82, 2.24) is 4.90 Å². The molecule has 2 rings (SSSR count). The van der Waals surface area contributed by atoms with Crippen LogP contribution in [0.4, 0.5) is 0 Å². The zero-order chi connectivity index (χ0) is 9.80. The Morgan fingerprint density at radius 3 is 2.73 bits per heavy atom. The number of rotatable bonds is 3. The van der Waals surface area contributed by atoms with Gasteiger partial charge in [-0.1, -0.05) is 20.3 Å². The van der Waals surface area contributed by atoms with E-state index in [2.05, 4.69) is 4.90 Å². The highest BCUT2D eigenvalue weighted by atomic mass is 15.1. The molecule has 2 aliphatic rings. The monoisotopic (exact) mass is 212 g/mol. The number of likely N-dealkylation sites (tertiary alicyclic amines) is 1. The summed E-state index contributed by atoms with van der Waals surface area (Å²) in [6, 6.07) is 0. The molecule has 0 amide bonds. The first-order valence-electron chi connectivity index (χ1n) is 6.31. The van der Waals surface area contributed by atoms with E-state index in [0.29, 0.717) is 0 Å². The molecule has 0 aromatic heterocycles. The molecule has 1 saturated heterocycles. The maximum absolute atomic E-state index is 5.56. The Morgan fingerprint density at radius 2 is 1.93 bits per heavy atom. The SMILES string of the molecule is C.NCCCN1CCC2CCCC(C2)C1. The Kier molecular flexibility index (Phi) is 5.62. The summed E-state index contributed by atoms with van der Waals surface area (Å²) in [6.45, 7) is 4.78. The minimum Gasteiger partial charge on any atom is -0.330 e. The Morgan fingerprint density at radius 1 is 1.13 bits per heavy atom. The topological polar surface area (TPSA) is 29.3 Å². The van der Waals surface area contributed by atoms with E-state index >= 15 is 0 Å². The van der Waals surface area contributed by atoms with Gasteiger partial charge in [0.1, 0.15) is 0 Å². The van der Waals surface area contributed by atoms with Crippen LogP contribution in [0.15, 0.2) is 0 Å². The Hall–Kier alpha value is -0.0800. The quantitative estimate of drug-likeness (QED) is 0.779. The molecule has 2 nitrogen and oxygen atoms in total. The molecule has 2 N–H and O–H groups in total. The first-order chi connectivity index (χ1) is 6.88. The van der Waals surface area contributed by atoms with Crippen LogP contribution in [-0.4, -0.2) is 31.1 Å². The summed E-state index contributed by atoms with van der Waals surface area (Å²) >= 11 is 0. The smallest absolute Gasteiger partial charge is 0.000977 e. The second-order valence-electron chi connectivity index (χ2n) is 5.13. The van der Waals surface area contributed by atoms with Crippen LogP contribution in [-0.2, 0) is 0 Å². The largest absolute Gasteiger partial charge is 0.330 e. The van der Waals surface area contributed by atoms with E-state index in [1.165, 1.54) is 58.2 Å². The van der Waals surface area contributed by atoms with Gasteiger partial charge in [-0.15, -0.1) is 0 Å². The average Bonchev–Trinajstić information content (AvgIpc) is 2.35. The first-order valence-corrected chi connectivity index (χ1v) is 6.31. The molecule has 2 bridgehead atoms. The van der Waals surface area contributed by atoms with E-state index in [1.807, 2.05) is 0 Å². The minimum absolute atomic E-state index is 0. The summed E-state index contributed by atoms with van der Waals surface area (Å²) in [4.78, 5) is 2.66. The van der Waals surface area contributed by atoms with Crippen LogP contribution in [0.25, 0.3) is 0 Å². The number of nitrogens with two attached hydrogens (primary N) is 1. The van der Waals surface area contributed by atoms with E-state index in [9.17, 15) is 0 Å². The molecule has 0 aromatic rings. The molecule has 2 atom stereocenters. The first kappa shape index (κ1) is 13.0. The molecule has 90 valence electrons. The molecule has 0 aromatic carbocycles. The second-order valence-corrected chi connectivity index (χ2v) is 5.13. The molecule has 0 radical (unpaired) electrons. The van der Waals surface area contributed by atoms with Crippen LogP contribution >= 0.6 is 0 Å². The lowest BCUT2D eigenvalue weighted by Gasteiger charge is -2.27. The highest BCUT2D eigenvalue weighted by Crippen LogP contribution is 2.34. The molecule has 2 unspecified atom stereocenters. The fourth-order valence-corrected chi connectivity index (χ4v) is 3.17. The van der Waals surface area contributed by atoms with Gasteiger partial charge in [0.25, 0.3) is 0 Å². The lowest BCUT2D eigenvalue weighted by molar-refractivity contribution is 0.230. The lowest BCUT2D eigenvalue weighted by Crippen LogP contribution is -2.30. The fraction of sp³-hybridized carbons (Fsp3) is 1.00. The summed E-state index contributed by atoms with van der Waals surface area (Å²) in [5.74, 6) is 2.06. The van der Waals surface area contributed by atoms with Crippen molar-refractivity contribution in [1.29, 1.82) is 0 Å². The minimum atomic E-state index is 0. The van der Waals surface area contributed by atoms with Crippen molar-refractivity contribution >= 4 is 0 Å². The third kappa shape index (κ3) is 3.76. The lowest BCUT2D eigenvalue weighted by atomic mass is 9.81. The van der Waals surface area contributed by atoms with Gasteiger partial charge in [0.05, 0.1) is 0 Å². The van der Waals surface area contributed by atoms with Gasteiger partial charge in [0, 0.05) is 6.54 Å². The van der Waals surface area contributed by atoms with Crippen molar-refractivity contribution in [3.63, 3.8) is 0 Å². The van der Waals surface area contributed by atoms with E-state index in [0.717, 1.165) is 18.4 Å². The number of fused-ring (bicyclic) bond motifs is 2. The number of hydrogen-bond acceptors (Lipinski definition) is 2. The predicted molar refractivity (Wildman–Crippen MR) is 66.9 cm³/mol. The van der Waals surface area contributed by atoms with E-state index in [4.69, 9.17) is 5.73 Å². The summed E-state index contributed by atoms with van der Waals surface area (Å²) in [6.07, 6.45) is 8.61. The molecule has 2 heteroatoms. The van der Waals surface area contributed by atoms with Gasteiger partial charge in [-0.2, -0.15) is 0 Å². The highest BCUT2D eigenvalue weighted by Gasteiger charge is 2.27. The maximum Gasteiger partial charge on any atom is 0.000977 e. The third-order valence-electron chi connectivity index (χ3n) is 3.94. The van der Waals surface area contributed by atoms with Crippen LogP contribution in [0.5, 0.6) is 0 Å². The van der Waals surface area contributed by atoms with Crippen LogP contribution in [0.2, 0.25) is 0 Å². The Bertz CT molecular complexity index is 170. The van der Waals surface area contributed by atoms with Gasteiger partial charge in [0.2, 0.25) is 0 Å². The summed E-state index contributed by atoms with van der Waals surface area (Å²) in [7, 11) is 0. The highest BCUT2D eigenvalue weighted by molar-refractivity contribution is 4.80. The Labute approximate surface area is 95.2 Å². The van der Waals surface area contributed by atoms with Crippen molar-refractivity contribution < 1.29 is 0 Å². The molecule has 1 aliphatic heterocycles. The fourth-order valence-electron chi connectivity index (χ4n) is 3.17. The average molecular weight is 212 g/mol. The van der Waals surface area contributed by atoms with Gasteiger partial charge in [-0.05, 0) is 57.2 Å². The Balaban J connectivity index is 0.00000112. The van der Waals surface area contributed by atoms with Crippen LogP contribution in [0.1, 0.15) is 46.0 Å². The maximum atomic E-state index is 5.56. The zero-order valence-corrected chi connectivity index (χ0v) is 9.25. The van der Waals surface area contributed by atoms with Crippen molar-refractivity contribution in [3.05, 3.63) is 0 Å². The summed E-state index contributed by atoms with van der Waals surface area (Å²) in [5, 5.41) is 0. The van der Waals surface area contributed by atoms with Crippen molar-refractivity contribution in [3.8, 4) is 0 Å². The van der Waals surface area contributed by atoms with Gasteiger partial charge in [-0.3, -0.25) is 0 Å². The van der Waals surface area contributed by atoms with Gasteiger partial charge in [0.15, 0.2) is 0 Å². The van der Waals surface area contributed by atoms with E-state index in [-0.39, 0.29) is 7.43 Å². The van der Waals surface area contributed by atoms with Crippen molar-refractivity contribution in [2.45, 2.75) is 46.0 Å². The summed E-state index contributed by atoms with van der Waals surface area (Å²) < 4.78 is 0. The normalized spacial score (nSPS) is 31.8. The molecule has 2 fully saturated rings. The summed E-state index contributed by atoms with van der Waals surface area (Å²) in [5.41, 5.74) is 5.56. The standard InChI is InChI=1S/C12H24N2.CH4/c13-6-2-7-14-8-5-11-3-1-4-12(9-11)10-14;/h11-12H,1-10,13H2;1H4. The predicted octanol–water partition coefficient (Wildman–Crippen LogP) is 2.48. The number of hydrogen-bond donors (Lipinski definition) is 1. The van der Waals surface area contributed by atoms with E-state index in [1.54, 1.807) is 0 Å². The van der Waals surface area contributed by atoms with Gasteiger partial charge >= 0.3 is 0 Å². The van der Waals surface area contributed by atoms with Crippen molar-refractivity contribution in [2.75, 3.05) is 26.2 Å². The molecule has 1 aliphatic carbocycles. The molecule has 15 heavy (non-hydrogen) atoms. The van der Waals surface area contributed by atoms with Crippen molar-refractivity contribution in [2.24, 2.45) is 17.6 Å². The molecule has 1 saturated carbocycles.